The molecule has 5 heteroatoms. The van der Waals surface area contributed by atoms with Crippen LogP contribution in [0.25, 0.3) is 0 Å². The van der Waals surface area contributed by atoms with Gasteiger partial charge in [0, 0.05) is 19.6 Å². The molecular formula is C15H27N3O2. The van der Waals surface area contributed by atoms with Crippen LogP contribution in [0.2, 0.25) is 0 Å². The van der Waals surface area contributed by atoms with Crippen LogP contribution < -0.4 is 5.32 Å². The number of aromatic nitrogens is 2. The molecule has 1 aliphatic carbocycles. The number of hydrogen-bond donors (Lipinski definition) is 1. The molecule has 1 heterocycles. The predicted octanol–water partition coefficient (Wildman–Crippen LogP) is 2.81. The Labute approximate surface area is 121 Å². The van der Waals surface area contributed by atoms with Gasteiger partial charge in [-0.2, -0.15) is 4.98 Å². The summed E-state index contributed by atoms with van der Waals surface area (Å²) < 4.78 is 11.2. The van der Waals surface area contributed by atoms with Crippen LogP contribution >= 0.6 is 0 Å². The minimum Gasteiger partial charge on any atom is -0.370 e. The van der Waals surface area contributed by atoms with Gasteiger partial charge in [-0.3, -0.25) is 0 Å². The van der Waals surface area contributed by atoms with Crippen molar-refractivity contribution in [2.75, 3.05) is 13.7 Å². The highest BCUT2D eigenvalue weighted by atomic mass is 16.5. The van der Waals surface area contributed by atoms with Crippen molar-refractivity contribution < 1.29 is 9.26 Å². The van der Waals surface area contributed by atoms with Crippen molar-refractivity contribution in [3.8, 4) is 0 Å². The van der Waals surface area contributed by atoms with Gasteiger partial charge in [-0.1, -0.05) is 38.3 Å². The average molecular weight is 281 g/mol. The summed E-state index contributed by atoms with van der Waals surface area (Å²) in [6, 6.07) is 0.401. The molecule has 2 rings (SSSR count). The second-order valence-corrected chi connectivity index (χ2v) is 5.64. The number of likely N-dealkylation sites (N-methyl/N-ethyl adjacent to an activating group) is 1. The summed E-state index contributed by atoms with van der Waals surface area (Å²) >= 11 is 0. The molecule has 0 bridgehead atoms. The van der Waals surface area contributed by atoms with Crippen molar-refractivity contribution in [2.24, 2.45) is 0 Å². The monoisotopic (exact) mass is 281 g/mol. The first-order chi connectivity index (χ1) is 9.74. The summed E-state index contributed by atoms with van der Waals surface area (Å²) in [4.78, 5) is 4.60. The van der Waals surface area contributed by atoms with E-state index in [1.54, 1.807) is 7.11 Å². The van der Waals surface area contributed by atoms with Crippen molar-refractivity contribution in [1.82, 2.24) is 15.5 Å². The minimum atomic E-state index is -0.320. The van der Waals surface area contributed by atoms with Crippen molar-refractivity contribution in [1.29, 1.82) is 0 Å². The molecule has 0 saturated heterocycles. The van der Waals surface area contributed by atoms with Crippen LogP contribution in [0, 0.1) is 0 Å². The van der Waals surface area contributed by atoms with E-state index in [-0.39, 0.29) is 5.60 Å². The molecule has 1 aromatic rings. The molecule has 1 saturated carbocycles. The molecule has 0 aromatic carbocycles. The summed E-state index contributed by atoms with van der Waals surface area (Å²) in [6.07, 6.45) is 7.45. The first kappa shape index (κ1) is 15.4. The van der Waals surface area contributed by atoms with Gasteiger partial charge in [-0.05, 0) is 25.8 Å². The predicted molar refractivity (Wildman–Crippen MR) is 77.5 cm³/mol. The van der Waals surface area contributed by atoms with Gasteiger partial charge >= 0.3 is 0 Å². The summed E-state index contributed by atoms with van der Waals surface area (Å²) in [6.45, 7) is 5.24. The smallest absolute Gasteiger partial charge is 0.228 e. The van der Waals surface area contributed by atoms with Crippen molar-refractivity contribution in [3.63, 3.8) is 0 Å². The van der Waals surface area contributed by atoms with E-state index in [2.05, 4.69) is 29.3 Å². The molecule has 0 aliphatic heterocycles. The van der Waals surface area contributed by atoms with E-state index >= 15 is 0 Å². The molecule has 1 atom stereocenters. The summed E-state index contributed by atoms with van der Waals surface area (Å²) in [7, 11) is 1.76. The highest BCUT2D eigenvalue weighted by Gasteiger charge is 2.38. The zero-order valence-electron chi connectivity index (χ0n) is 12.9. The second-order valence-electron chi connectivity index (χ2n) is 5.64. The molecular weight excluding hydrogens is 254 g/mol. The number of hydrogen-bond acceptors (Lipinski definition) is 5. The Kier molecular flexibility index (Phi) is 5.54. The summed E-state index contributed by atoms with van der Waals surface area (Å²) in [5.41, 5.74) is -0.320. The maximum Gasteiger partial charge on any atom is 0.228 e. The van der Waals surface area contributed by atoms with E-state index in [4.69, 9.17) is 9.26 Å². The van der Waals surface area contributed by atoms with Gasteiger partial charge in [0.25, 0.3) is 0 Å². The zero-order valence-corrected chi connectivity index (χ0v) is 12.9. The largest absolute Gasteiger partial charge is 0.370 e. The maximum absolute atomic E-state index is 5.76. The lowest BCUT2D eigenvalue weighted by molar-refractivity contribution is -0.0527. The molecule has 1 fully saturated rings. The highest BCUT2D eigenvalue weighted by Crippen LogP contribution is 2.38. The van der Waals surface area contributed by atoms with Crippen molar-refractivity contribution in [3.05, 3.63) is 11.7 Å². The number of nitrogens with zero attached hydrogens (tertiary/aromatic N) is 2. The Morgan fingerprint density at radius 3 is 2.65 bits per heavy atom. The van der Waals surface area contributed by atoms with E-state index < -0.39 is 0 Å². The fourth-order valence-corrected chi connectivity index (χ4v) is 3.03. The molecule has 0 amide bonds. The lowest BCUT2D eigenvalue weighted by Crippen LogP contribution is -2.33. The van der Waals surface area contributed by atoms with E-state index in [1.807, 2.05) is 0 Å². The normalized spacial score (nSPS) is 19.9. The Morgan fingerprint density at radius 2 is 2.05 bits per heavy atom. The van der Waals surface area contributed by atoms with Gasteiger partial charge < -0.3 is 14.6 Å². The molecule has 1 N–H and O–H groups in total. The standard InChI is InChI=1S/C15H27N3O2/c1-4-12(16-5-2)11-13-17-14(18-20-13)15(19-3)9-7-6-8-10-15/h12,16H,4-11H2,1-3H3. The third kappa shape index (κ3) is 3.38. The SMILES string of the molecule is CCNC(CC)Cc1nc(C2(OC)CCCCC2)no1. The third-order valence-electron chi connectivity index (χ3n) is 4.33. The molecule has 1 aliphatic rings. The van der Waals surface area contributed by atoms with Gasteiger partial charge in [0.05, 0.1) is 0 Å². The Balaban J connectivity index is 2.07. The molecule has 0 spiro atoms. The van der Waals surface area contributed by atoms with E-state index in [9.17, 15) is 0 Å². The number of methoxy groups -OCH3 is 1. The summed E-state index contributed by atoms with van der Waals surface area (Å²) in [5.74, 6) is 1.45. The molecule has 114 valence electrons. The molecule has 0 radical (unpaired) electrons. The first-order valence-electron chi connectivity index (χ1n) is 7.85. The van der Waals surface area contributed by atoms with Gasteiger partial charge in [0.2, 0.25) is 11.7 Å². The number of ether oxygens (including phenoxy) is 1. The van der Waals surface area contributed by atoms with Crippen LogP contribution in [-0.4, -0.2) is 29.8 Å². The van der Waals surface area contributed by atoms with Crippen LogP contribution in [0.15, 0.2) is 4.52 Å². The first-order valence-corrected chi connectivity index (χ1v) is 7.85. The van der Waals surface area contributed by atoms with Crippen LogP contribution in [0.5, 0.6) is 0 Å². The van der Waals surface area contributed by atoms with Gasteiger partial charge in [-0.25, -0.2) is 0 Å². The molecule has 20 heavy (non-hydrogen) atoms. The topological polar surface area (TPSA) is 60.2 Å². The maximum atomic E-state index is 5.76. The lowest BCUT2D eigenvalue weighted by Gasteiger charge is -2.32. The Hall–Kier alpha value is -0.940. The lowest BCUT2D eigenvalue weighted by atomic mass is 9.84. The molecule has 1 unspecified atom stereocenters. The Bertz CT molecular complexity index is 400. The second kappa shape index (κ2) is 7.18. The molecule has 1 aromatic heterocycles. The zero-order chi connectivity index (χ0) is 14.4. The van der Waals surface area contributed by atoms with Crippen LogP contribution in [0.4, 0.5) is 0 Å². The molecule has 5 nitrogen and oxygen atoms in total. The quantitative estimate of drug-likeness (QED) is 0.832. The van der Waals surface area contributed by atoms with E-state index in [0.717, 1.165) is 43.9 Å². The average Bonchev–Trinajstić information content (AvgIpc) is 2.96. The summed E-state index contributed by atoms with van der Waals surface area (Å²) in [5, 5.41) is 7.63. The van der Waals surface area contributed by atoms with Crippen LogP contribution in [-0.2, 0) is 16.8 Å². The fraction of sp³-hybridized carbons (Fsp3) is 0.867. The van der Waals surface area contributed by atoms with E-state index in [1.165, 1.54) is 19.3 Å². The van der Waals surface area contributed by atoms with Crippen molar-refractivity contribution in [2.45, 2.75) is 70.4 Å². The van der Waals surface area contributed by atoms with Gasteiger partial charge in [0.1, 0.15) is 5.60 Å². The minimum absolute atomic E-state index is 0.320. The van der Waals surface area contributed by atoms with Crippen LogP contribution in [0.1, 0.15) is 64.1 Å². The van der Waals surface area contributed by atoms with Gasteiger partial charge in [0.15, 0.2) is 0 Å². The van der Waals surface area contributed by atoms with Gasteiger partial charge in [-0.15, -0.1) is 0 Å². The van der Waals surface area contributed by atoms with E-state index in [0.29, 0.717) is 6.04 Å². The van der Waals surface area contributed by atoms with Crippen LogP contribution in [0.3, 0.4) is 0 Å². The van der Waals surface area contributed by atoms with Crippen molar-refractivity contribution >= 4 is 0 Å². The Morgan fingerprint density at radius 1 is 1.30 bits per heavy atom. The number of rotatable bonds is 7. The third-order valence-corrected chi connectivity index (χ3v) is 4.33. The highest BCUT2D eigenvalue weighted by molar-refractivity contribution is 5.03. The fourth-order valence-electron chi connectivity index (χ4n) is 3.03. The number of nitrogens with one attached hydrogen (secondary N) is 1.